The first-order valence-corrected chi connectivity index (χ1v) is 6.45. The molecular formula is C14H21NO3. The number of ether oxygens (including phenoxy) is 1. The number of carbonyl (C=O) groups excluding carboxylic acids is 1. The fourth-order valence-electron chi connectivity index (χ4n) is 2.25. The lowest BCUT2D eigenvalue weighted by molar-refractivity contribution is -0.160. The molecule has 100 valence electrons. The monoisotopic (exact) mass is 251 g/mol. The second-order valence-electron chi connectivity index (χ2n) is 5.74. The van der Waals surface area contributed by atoms with Gasteiger partial charge in [0.1, 0.15) is 17.4 Å². The van der Waals surface area contributed by atoms with Crippen LogP contribution < -0.4 is 0 Å². The number of carbonyl (C=O) groups is 1. The van der Waals surface area contributed by atoms with E-state index in [1.54, 1.807) is 6.26 Å². The van der Waals surface area contributed by atoms with E-state index in [0.717, 1.165) is 25.1 Å². The van der Waals surface area contributed by atoms with E-state index in [9.17, 15) is 4.79 Å². The highest BCUT2D eigenvalue weighted by Gasteiger charge is 2.34. The normalized spacial score (nSPS) is 21.2. The Morgan fingerprint density at radius 2 is 2.33 bits per heavy atom. The van der Waals surface area contributed by atoms with Crippen molar-refractivity contribution >= 4 is 5.97 Å². The minimum absolute atomic E-state index is 0.119. The lowest BCUT2D eigenvalue weighted by Gasteiger charge is -2.26. The summed E-state index contributed by atoms with van der Waals surface area (Å²) in [6.45, 7) is 7.30. The molecule has 1 aromatic heterocycles. The molecule has 0 N–H and O–H groups in total. The minimum atomic E-state index is -0.421. The summed E-state index contributed by atoms with van der Waals surface area (Å²) in [4.78, 5) is 14.2. The first kappa shape index (κ1) is 13.1. The van der Waals surface area contributed by atoms with Crippen LogP contribution in [0.4, 0.5) is 0 Å². The summed E-state index contributed by atoms with van der Waals surface area (Å²) in [5, 5.41) is 0. The van der Waals surface area contributed by atoms with Gasteiger partial charge in [-0.15, -0.1) is 0 Å². The second-order valence-corrected chi connectivity index (χ2v) is 5.74. The van der Waals surface area contributed by atoms with Gasteiger partial charge >= 0.3 is 5.97 Å². The fraction of sp³-hybridized carbons (Fsp3) is 0.643. The molecule has 2 heterocycles. The van der Waals surface area contributed by atoms with Crippen LogP contribution in [0.3, 0.4) is 0 Å². The van der Waals surface area contributed by atoms with Gasteiger partial charge in [0.25, 0.3) is 0 Å². The Morgan fingerprint density at radius 1 is 1.56 bits per heavy atom. The smallest absolute Gasteiger partial charge is 0.323 e. The molecule has 18 heavy (non-hydrogen) atoms. The maximum absolute atomic E-state index is 12.1. The summed E-state index contributed by atoms with van der Waals surface area (Å²) in [6, 6.07) is 3.67. The molecule has 0 unspecified atom stereocenters. The third kappa shape index (κ3) is 3.35. The maximum atomic E-state index is 12.1. The van der Waals surface area contributed by atoms with Crippen LogP contribution in [0.25, 0.3) is 0 Å². The van der Waals surface area contributed by atoms with Crippen LogP contribution in [0.5, 0.6) is 0 Å². The largest absolute Gasteiger partial charge is 0.468 e. The first-order chi connectivity index (χ1) is 8.46. The fourth-order valence-corrected chi connectivity index (χ4v) is 2.25. The van der Waals surface area contributed by atoms with Gasteiger partial charge in [-0.25, -0.2) is 0 Å². The number of likely N-dealkylation sites (tertiary alicyclic amines) is 1. The highest BCUT2D eigenvalue weighted by Crippen LogP contribution is 2.23. The van der Waals surface area contributed by atoms with Crippen molar-refractivity contribution in [2.75, 3.05) is 6.54 Å². The quantitative estimate of drug-likeness (QED) is 0.774. The van der Waals surface area contributed by atoms with E-state index >= 15 is 0 Å². The van der Waals surface area contributed by atoms with Crippen LogP contribution in [0.15, 0.2) is 22.8 Å². The zero-order valence-corrected chi connectivity index (χ0v) is 11.3. The molecule has 1 fully saturated rings. The molecule has 2 rings (SSSR count). The summed E-state index contributed by atoms with van der Waals surface area (Å²) >= 11 is 0. The van der Waals surface area contributed by atoms with Gasteiger partial charge in [-0.1, -0.05) is 0 Å². The molecule has 0 radical (unpaired) electrons. The number of hydrogen-bond donors (Lipinski definition) is 0. The molecule has 0 saturated carbocycles. The molecule has 0 bridgehead atoms. The van der Waals surface area contributed by atoms with E-state index in [4.69, 9.17) is 9.15 Å². The Kier molecular flexibility index (Phi) is 3.76. The Balaban J connectivity index is 1.97. The topological polar surface area (TPSA) is 42.7 Å². The van der Waals surface area contributed by atoms with Crippen LogP contribution in [0.1, 0.15) is 39.4 Å². The van der Waals surface area contributed by atoms with Crippen molar-refractivity contribution < 1.29 is 13.9 Å². The SMILES string of the molecule is CC(C)(C)OC(=O)[C@H]1CCCN1Cc1ccco1. The Labute approximate surface area is 108 Å². The number of esters is 1. The number of hydrogen-bond acceptors (Lipinski definition) is 4. The summed E-state index contributed by atoms with van der Waals surface area (Å²) in [5.74, 6) is 0.775. The number of furan rings is 1. The zero-order chi connectivity index (χ0) is 13.2. The highest BCUT2D eigenvalue weighted by atomic mass is 16.6. The average molecular weight is 251 g/mol. The van der Waals surface area contributed by atoms with Crippen molar-refractivity contribution in [3.63, 3.8) is 0 Å². The predicted molar refractivity (Wildman–Crippen MR) is 68.0 cm³/mol. The molecule has 1 aliphatic heterocycles. The van der Waals surface area contributed by atoms with Gasteiger partial charge in [0.2, 0.25) is 0 Å². The van der Waals surface area contributed by atoms with Gasteiger partial charge in [0.15, 0.2) is 0 Å². The standard InChI is InChI=1S/C14H21NO3/c1-14(2,3)18-13(16)12-7-4-8-15(12)10-11-6-5-9-17-11/h5-6,9,12H,4,7-8,10H2,1-3H3/t12-/m1/s1. The summed E-state index contributed by atoms with van der Waals surface area (Å²) in [6.07, 6.45) is 3.56. The van der Waals surface area contributed by atoms with Crippen molar-refractivity contribution in [3.05, 3.63) is 24.2 Å². The van der Waals surface area contributed by atoms with E-state index in [0.29, 0.717) is 6.54 Å². The van der Waals surface area contributed by atoms with Crippen molar-refractivity contribution in [1.82, 2.24) is 4.90 Å². The zero-order valence-electron chi connectivity index (χ0n) is 11.3. The third-order valence-corrected chi connectivity index (χ3v) is 2.98. The molecular weight excluding hydrogens is 230 g/mol. The molecule has 1 aromatic rings. The van der Waals surface area contributed by atoms with Gasteiger partial charge in [-0.3, -0.25) is 9.69 Å². The summed E-state index contributed by atoms with van der Waals surface area (Å²) in [5.41, 5.74) is -0.421. The summed E-state index contributed by atoms with van der Waals surface area (Å²) < 4.78 is 10.8. The van der Waals surface area contributed by atoms with Crippen LogP contribution >= 0.6 is 0 Å². The summed E-state index contributed by atoms with van der Waals surface area (Å²) in [7, 11) is 0. The van der Waals surface area contributed by atoms with Crippen molar-refractivity contribution in [1.29, 1.82) is 0 Å². The molecule has 4 nitrogen and oxygen atoms in total. The lowest BCUT2D eigenvalue weighted by Crippen LogP contribution is -2.40. The Hall–Kier alpha value is -1.29. The molecule has 0 spiro atoms. The van der Waals surface area contributed by atoms with E-state index in [1.807, 2.05) is 32.9 Å². The molecule has 0 amide bonds. The van der Waals surface area contributed by atoms with Crippen LogP contribution in [0.2, 0.25) is 0 Å². The predicted octanol–water partition coefficient (Wildman–Crippen LogP) is 2.59. The van der Waals surface area contributed by atoms with E-state index < -0.39 is 5.60 Å². The molecule has 1 saturated heterocycles. The maximum Gasteiger partial charge on any atom is 0.323 e. The third-order valence-electron chi connectivity index (χ3n) is 2.98. The van der Waals surface area contributed by atoms with Crippen LogP contribution in [-0.4, -0.2) is 29.1 Å². The number of nitrogens with zero attached hydrogens (tertiary/aromatic N) is 1. The van der Waals surface area contributed by atoms with E-state index in [2.05, 4.69) is 4.90 Å². The molecule has 0 aliphatic carbocycles. The molecule has 4 heteroatoms. The van der Waals surface area contributed by atoms with Gasteiger partial charge in [0, 0.05) is 0 Å². The van der Waals surface area contributed by atoms with Gasteiger partial charge < -0.3 is 9.15 Å². The molecule has 1 aliphatic rings. The van der Waals surface area contributed by atoms with Crippen molar-refractivity contribution in [3.8, 4) is 0 Å². The van der Waals surface area contributed by atoms with Crippen LogP contribution in [-0.2, 0) is 16.1 Å². The number of rotatable bonds is 3. The second kappa shape index (κ2) is 5.14. The first-order valence-electron chi connectivity index (χ1n) is 6.45. The van der Waals surface area contributed by atoms with Gasteiger partial charge in [0.05, 0.1) is 12.8 Å². The Morgan fingerprint density at radius 3 is 2.94 bits per heavy atom. The van der Waals surface area contributed by atoms with Crippen molar-refractivity contribution in [2.24, 2.45) is 0 Å². The lowest BCUT2D eigenvalue weighted by atomic mass is 10.1. The Bertz CT molecular complexity index is 392. The highest BCUT2D eigenvalue weighted by molar-refractivity contribution is 5.76. The molecule has 1 atom stereocenters. The van der Waals surface area contributed by atoms with Crippen molar-refractivity contribution in [2.45, 2.75) is 51.8 Å². The van der Waals surface area contributed by atoms with Gasteiger partial charge in [-0.05, 0) is 52.3 Å². The van der Waals surface area contributed by atoms with Gasteiger partial charge in [-0.2, -0.15) is 0 Å². The average Bonchev–Trinajstić information content (AvgIpc) is 2.86. The molecule has 0 aromatic carbocycles. The van der Waals surface area contributed by atoms with E-state index in [-0.39, 0.29) is 12.0 Å². The van der Waals surface area contributed by atoms with E-state index in [1.165, 1.54) is 0 Å². The minimum Gasteiger partial charge on any atom is -0.468 e. The van der Waals surface area contributed by atoms with Crippen LogP contribution in [0, 0.1) is 0 Å².